The van der Waals surface area contributed by atoms with Crippen LogP contribution in [0.2, 0.25) is 5.02 Å². The van der Waals surface area contributed by atoms with E-state index in [0.29, 0.717) is 11.4 Å². The maximum Gasteiger partial charge on any atom is 0.154 e. The Kier molecular flexibility index (Phi) is 4.00. The molecule has 1 atom stereocenters. The topological polar surface area (TPSA) is 29.1 Å². The minimum Gasteiger partial charge on any atom is -0.307 e. The molecule has 1 aliphatic heterocycles. The molecule has 86 valence electrons. The summed E-state index contributed by atoms with van der Waals surface area (Å²) in [6.45, 7) is 0.949. The van der Waals surface area contributed by atoms with E-state index in [9.17, 15) is 4.79 Å². The second-order valence-electron chi connectivity index (χ2n) is 4.03. The van der Waals surface area contributed by atoms with Gasteiger partial charge in [0.2, 0.25) is 0 Å². The fraction of sp³-hybridized carbons (Fsp3) is 0.417. The van der Waals surface area contributed by atoms with E-state index in [1.54, 1.807) is 0 Å². The second kappa shape index (κ2) is 5.30. The van der Waals surface area contributed by atoms with Crippen molar-refractivity contribution in [1.29, 1.82) is 0 Å². The van der Waals surface area contributed by atoms with Crippen LogP contribution in [0.4, 0.5) is 0 Å². The van der Waals surface area contributed by atoms with Crippen LogP contribution in [0.3, 0.4) is 0 Å². The maximum atomic E-state index is 11.9. The number of halogens is 2. The summed E-state index contributed by atoms with van der Waals surface area (Å²) in [4.78, 5) is 11.9. The predicted molar refractivity (Wildman–Crippen MR) is 68.9 cm³/mol. The summed E-state index contributed by atoms with van der Waals surface area (Å²) in [7, 11) is 0. The summed E-state index contributed by atoms with van der Waals surface area (Å²) < 4.78 is 0.938. The maximum absolute atomic E-state index is 11.9. The van der Waals surface area contributed by atoms with Crippen molar-refractivity contribution in [3.63, 3.8) is 0 Å². The van der Waals surface area contributed by atoms with Crippen LogP contribution in [0.25, 0.3) is 0 Å². The molecule has 1 aliphatic rings. The van der Waals surface area contributed by atoms with Crippen molar-refractivity contribution in [3.05, 3.63) is 33.3 Å². The average Bonchev–Trinajstić information content (AvgIpc) is 2.75. The molecule has 4 heteroatoms. The smallest absolute Gasteiger partial charge is 0.154 e. The summed E-state index contributed by atoms with van der Waals surface area (Å²) in [5.74, 6) is 0.238. The van der Waals surface area contributed by atoms with Crippen LogP contribution in [-0.4, -0.2) is 18.4 Å². The van der Waals surface area contributed by atoms with Gasteiger partial charge in [-0.05, 0) is 37.1 Å². The fourth-order valence-electron chi connectivity index (χ4n) is 1.94. The van der Waals surface area contributed by atoms with E-state index >= 15 is 0 Å². The van der Waals surface area contributed by atoms with Crippen molar-refractivity contribution < 1.29 is 4.79 Å². The lowest BCUT2D eigenvalue weighted by atomic mass is 10.0. The molecule has 0 aromatic heterocycles. The molecule has 2 nitrogen and oxygen atoms in total. The summed E-state index contributed by atoms with van der Waals surface area (Å²) in [5.41, 5.74) is 0.906. The Morgan fingerprint density at radius 1 is 1.56 bits per heavy atom. The molecule has 1 aromatic rings. The van der Waals surface area contributed by atoms with E-state index in [0.717, 1.165) is 29.4 Å². The highest BCUT2D eigenvalue weighted by atomic mass is 79.9. The Hall–Kier alpha value is -0.380. The van der Waals surface area contributed by atoms with Gasteiger partial charge in [0, 0.05) is 15.9 Å². The third kappa shape index (κ3) is 2.84. The van der Waals surface area contributed by atoms with E-state index < -0.39 is 0 Å². The van der Waals surface area contributed by atoms with E-state index in [-0.39, 0.29) is 11.8 Å². The van der Waals surface area contributed by atoms with Gasteiger partial charge in [0.15, 0.2) is 5.78 Å². The van der Waals surface area contributed by atoms with Gasteiger partial charge in [0.05, 0.1) is 6.04 Å². The largest absolute Gasteiger partial charge is 0.307 e. The van der Waals surface area contributed by atoms with E-state index in [4.69, 9.17) is 11.6 Å². The molecule has 2 rings (SSSR count). The first kappa shape index (κ1) is 12.1. The SMILES string of the molecule is O=C(Cc1ccc(Br)cc1Cl)C1CCCN1. The Balaban J connectivity index is 2.05. The standard InChI is InChI=1S/C12H13BrClNO/c13-9-4-3-8(10(14)7-9)6-12(16)11-2-1-5-15-11/h3-4,7,11,15H,1-2,5-6H2. The quantitative estimate of drug-likeness (QED) is 0.930. The molecule has 0 radical (unpaired) electrons. The van der Waals surface area contributed by atoms with Crippen LogP contribution in [0.1, 0.15) is 18.4 Å². The van der Waals surface area contributed by atoms with Gasteiger partial charge in [0.1, 0.15) is 0 Å². The van der Waals surface area contributed by atoms with Gasteiger partial charge in [0.25, 0.3) is 0 Å². The number of rotatable bonds is 3. The third-order valence-electron chi connectivity index (χ3n) is 2.83. The van der Waals surface area contributed by atoms with Crippen molar-refractivity contribution in [1.82, 2.24) is 5.32 Å². The van der Waals surface area contributed by atoms with Crippen molar-refractivity contribution >= 4 is 33.3 Å². The van der Waals surface area contributed by atoms with Gasteiger partial charge in [-0.3, -0.25) is 4.79 Å². The molecule has 1 saturated heterocycles. The highest BCUT2D eigenvalue weighted by molar-refractivity contribution is 9.10. The van der Waals surface area contributed by atoms with Crippen molar-refractivity contribution in [2.45, 2.75) is 25.3 Å². The Morgan fingerprint density at radius 3 is 3.00 bits per heavy atom. The fourth-order valence-corrected chi connectivity index (χ4v) is 2.68. The molecule has 0 bridgehead atoms. The van der Waals surface area contributed by atoms with Crippen LogP contribution in [0, 0.1) is 0 Å². The monoisotopic (exact) mass is 301 g/mol. The zero-order valence-electron chi connectivity index (χ0n) is 8.80. The normalized spacial score (nSPS) is 20.0. The lowest BCUT2D eigenvalue weighted by molar-refractivity contribution is -0.120. The number of hydrogen-bond donors (Lipinski definition) is 1. The van der Waals surface area contributed by atoms with Crippen LogP contribution >= 0.6 is 27.5 Å². The minimum absolute atomic E-state index is 0.0275. The van der Waals surface area contributed by atoms with Gasteiger partial charge in [-0.25, -0.2) is 0 Å². The van der Waals surface area contributed by atoms with Crippen LogP contribution in [0.15, 0.2) is 22.7 Å². The molecule has 0 saturated carbocycles. The highest BCUT2D eigenvalue weighted by Gasteiger charge is 2.22. The van der Waals surface area contributed by atoms with Crippen LogP contribution < -0.4 is 5.32 Å². The zero-order chi connectivity index (χ0) is 11.5. The first-order chi connectivity index (χ1) is 7.66. The van der Waals surface area contributed by atoms with Gasteiger partial charge in [-0.15, -0.1) is 0 Å². The Labute approximate surface area is 108 Å². The number of nitrogens with one attached hydrogen (secondary N) is 1. The first-order valence-electron chi connectivity index (χ1n) is 5.37. The van der Waals surface area contributed by atoms with Crippen molar-refractivity contribution in [2.75, 3.05) is 6.54 Å². The molecule has 0 amide bonds. The minimum atomic E-state index is 0.0275. The van der Waals surface area contributed by atoms with Crippen molar-refractivity contribution in [2.24, 2.45) is 0 Å². The lowest BCUT2D eigenvalue weighted by Gasteiger charge is -2.09. The number of ketones is 1. The summed E-state index contributed by atoms with van der Waals surface area (Å²) in [6, 6.07) is 5.67. The first-order valence-corrected chi connectivity index (χ1v) is 6.54. The molecule has 1 fully saturated rings. The summed E-state index contributed by atoms with van der Waals surface area (Å²) >= 11 is 9.42. The molecule has 1 aromatic carbocycles. The molecule has 16 heavy (non-hydrogen) atoms. The van der Waals surface area contributed by atoms with Crippen LogP contribution in [0.5, 0.6) is 0 Å². The lowest BCUT2D eigenvalue weighted by Crippen LogP contribution is -2.31. The Bertz CT molecular complexity index is 402. The molecule has 1 unspecified atom stereocenters. The molecule has 1 heterocycles. The van der Waals surface area contributed by atoms with Gasteiger partial charge < -0.3 is 5.32 Å². The summed E-state index contributed by atoms with van der Waals surface area (Å²) in [5, 5.41) is 3.86. The molecule has 1 N–H and O–H groups in total. The number of carbonyl (C=O) groups is 1. The van der Waals surface area contributed by atoms with Gasteiger partial charge >= 0.3 is 0 Å². The van der Waals surface area contributed by atoms with E-state index in [2.05, 4.69) is 21.2 Å². The number of Topliss-reactive ketones (excluding diaryl/α,β-unsaturated/α-hetero) is 1. The second-order valence-corrected chi connectivity index (χ2v) is 5.35. The highest BCUT2D eigenvalue weighted by Crippen LogP contribution is 2.22. The third-order valence-corrected chi connectivity index (χ3v) is 3.67. The van der Waals surface area contributed by atoms with E-state index in [1.165, 1.54) is 0 Å². The molecular weight excluding hydrogens is 289 g/mol. The zero-order valence-corrected chi connectivity index (χ0v) is 11.1. The molecule has 0 aliphatic carbocycles. The van der Waals surface area contributed by atoms with E-state index in [1.807, 2.05) is 18.2 Å². The molecule has 0 spiro atoms. The van der Waals surface area contributed by atoms with Gasteiger partial charge in [-0.2, -0.15) is 0 Å². The number of hydrogen-bond acceptors (Lipinski definition) is 2. The average molecular weight is 303 g/mol. The van der Waals surface area contributed by atoms with Crippen molar-refractivity contribution in [3.8, 4) is 0 Å². The Morgan fingerprint density at radius 2 is 2.38 bits per heavy atom. The van der Waals surface area contributed by atoms with Gasteiger partial charge in [-0.1, -0.05) is 33.6 Å². The summed E-state index contributed by atoms with van der Waals surface area (Å²) in [6.07, 6.45) is 2.46. The molecular formula is C12H13BrClNO. The number of carbonyl (C=O) groups excluding carboxylic acids is 1. The number of benzene rings is 1. The predicted octanol–water partition coefficient (Wildman–Crippen LogP) is 2.97. The van der Waals surface area contributed by atoms with Crippen LogP contribution in [-0.2, 0) is 11.2 Å².